The molecule has 0 radical (unpaired) electrons. The lowest BCUT2D eigenvalue weighted by atomic mass is 10.2. The molecule has 2 rings (SSSR count). The van der Waals surface area contributed by atoms with Crippen molar-refractivity contribution in [1.29, 1.82) is 0 Å². The van der Waals surface area contributed by atoms with Crippen molar-refractivity contribution in [2.45, 2.75) is 12.6 Å². The Kier molecular flexibility index (Phi) is 3.55. The standard InChI is InChI=1S/C9H16N6O2/c1-14-4-7(11-13-14)5-15-2-3-17-8(6-15)9(10)12-16/h4,8,16H,2-3,5-6H2,1H3,(H2,10,12). The number of rotatable bonds is 3. The van der Waals surface area contributed by atoms with E-state index in [1.54, 1.807) is 4.68 Å². The van der Waals surface area contributed by atoms with Crippen molar-refractivity contribution < 1.29 is 9.94 Å². The molecule has 8 nitrogen and oxygen atoms in total. The first-order chi connectivity index (χ1) is 8.19. The van der Waals surface area contributed by atoms with Crippen molar-refractivity contribution in [3.8, 4) is 0 Å². The van der Waals surface area contributed by atoms with E-state index in [-0.39, 0.29) is 11.9 Å². The molecule has 0 aromatic carbocycles. The lowest BCUT2D eigenvalue weighted by Gasteiger charge is -2.31. The van der Waals surface area contributed by atoms with Crippen molar-refractivity contribution in [2.75, 3.05) is 19.7 Å². The van der Waals surface area contributed by atoms with Crippen molar-refractivity contribution in [1.82, 2.24) is 19.9 Å². The van der Waals surface area contributed by atoms with E-state index < -0.39 is 0 Å². The number of nitrogens with two attached hydrogens (primary N) is 1. The van der Waals surface area contributed by atoms with Gasteiger partial charge in [0, 0.05) is 32.9 Å². The molecule has 1 aliphatic rings. The van der Waals surface area contributed by atoms with Crippen LogP contribution in [0.1, 0.15) is 5.69 Å². The summed E-state index contributed by atoms with van der Waals surface area (Å²) in [7, 11) is 1.83. The fraction of sp³-hybridized carbons (Fsp3) is 0.667. The molecule has 8 heteroatoms. The molecule has 0 saturated carbocycles. The SMILES string of the molecule is Cn1cc(CN2CCOC(/C(N)=N/O)C2)nn1. The second kappa shape index (κ2) is 5.11. The Labute approximate surface area is 98.6 Å². The van der Waals surface area contributed by atoms with Crippen LogP contribution in [0.15, 0.2) is 11.4 Å². The number of oxime groups is 1. The lowest BCUT2D eigenvalue weighted by molar-refractivity contribution is 0.000964. The minimum atomic E-state index is -0.356. The van der Waals surface area contributed by atoms with Gasteiger partial charge in [-0.3, -0.25) is 9.58 Å². The van der Waals surface area contributed by atoms with Gasteiger partial charge in [-0.2, -0.15) is 0 Å². The molecule has 0 bridgehead atoms. The summed E-state index contributed by atoms with van der Waals surface area (Å²) in [5.41, 5.74) is 6.42. The van der Waals surface area contributed by atoms with Crippen molar-refractivity contribution in [3.05, 3.63) is 11.9 Å². The van der Waals surface area contributed by atoms with E-state index in [9.17, 15) is 0 Å². The van der Waals surface area contributed by atoms with E-state index in [0.29, 0.717) is 19.7 Å². The van der Waals surface area contributed by atoms with E-state index in [4.69, 9.17) is 15.7 Å². The van der Waals surface area contributed by atoms with Crippen LogP contribution in [0.2, 0.25) is 0 Å². The fourth-order valence-electron chi connectivity index (χ4n) is 1.79. The third-order valence-corrected chi connectivity index (χ3v) is 2.63. The number of hydrogen-bond donors (Lipinski definition) is 2. The van der Waals surface area contributed by atoms with Crippen LogP contribution in [0.25, 0.3) is 0 Å². The molecule has 2 heterocycles. The van der Waals surface area contributed by atoms with Crippen LogP contribution in [0.5, 0.6) is 0 Å². The van der Waals surface area contributed by atoms with Gasteiger partial charge in [-0.1, -0.05) is 10.4 Å². The molecular formula is C9H16N6O2. The lowest BCUT2D eigenvalue weighted by Crippen LogP contribution is -2.48. The van der Waals surface area contributed by atoms with Crippen LogP contribution in [-0.4, -0.2) is 56.7 Å². The predicted octanol–water partition coefficient (Wildman–Crippen LogP) is -1.24. The van der Waals surface area contributed by atoms with Gasteiger partial charge in [-0.05, 0) is 0 Å². The zero-order valence-electron chi connectivity index (χ0n) is 9.65. The number of ether oxygens (including phenoxy) is 1. The van der Waals surface area contributed by atoms with E-state index >= 15 is 0 Å². The normalized spacial score (nSPS) is 22.9. The van der Waals surface area contributed by atoms with Gasteiger partial charge in [-0.25, -0.2) is 0 Å². The van der Waals surface area contributed by atoms with E-state index in [0.717, 1.165) is 12.2 Å². The van der Waals surface area contributed by atoms with Crippen LogP contribution < -0.4 is 5.73 Å². The van der Waals surface area contributed by atoms with E-state index in [1.165, 1.54) is 0 Å². The Hall–Kier alpha value is -1.67. The van der Waals surface area contributed by atoms with E-state index in [1.807, 2.05) is 13.2 Å². The molecule has 0 amide bonds. The predicted molar refractivity (Wildman–Crippen MR) is 59.4 cm³/mol. The van der Waals surface area contributed by atoms with Crippen LogP contribution in [0, 0.1) is 0 Å². The Morgan fingerprint density at radius 3 is 3.24 bits per heavy atom. The highest BCUT2D eigenvalue weighted by Crippen LogP contribution is 2.08. The molecule has 1 aliphatic heterocycles. The summed E-state index contributed by atoms with van der Waals surface area (Å²) < 4.78 is 7.07. The summed E-state index contributed by atoms with van der Waals surface area (Å²) in [5, 5.41) is 19.5. The number of nitrogens with zero attached hydrogens (tertiary/aromatic N) is 5. The largest absolute Gasteiger partial charge is 0.409 e. The Balaban J connectivity index is 1.93. The molecule has 1 unspecified atom stereocenters. The molecule has 0 spiro atoms. The molecule has 0 aliphatic carbocycles. The third kappa shape index (κ3) is 2.92. The van der Waals surface area contributed by atoms with Gasteiger partial charge >= 0.3 is 0 Å². The first-order valence-electron chi connectivity index (χ1n) is 5.35. The maximum absolute atomic E-state index is 8.61. The van der Waals surface area contributed by atoms with E-state index in [2.05, 4.69) is 20.4 Å². The minimum absolute atomic E-state index is 0.105. The molecule has 1 aromatic rings. The highest BCUT2D eigenvalue weighted by Gasteiger charge is 2.24. The van der Waals surface area contributed by atoms with Crippen LogP contribution >= 0.6 is 0 Å². The second-order valence-electron chi connectivity index (χ2n) is 4.00. The molecule has 3 N–H and O–H groups in total. The molecule has 17 heavy (non-hydrogen) atoms. The van der Waals surface area contributed by atoms with Crippen LogP contribution in [0.3, 0.4) is 0 Å². The first-order valence-corrected chi connectivity index (χ1v) is 5.35. The van der Waals surface area contributed by atoms with Crippen molar-refractivity contribution in [2.24, 2.45) is 17.9 Å². The maximum Gasteiger partial charge on any atom is 0.169 e. The van der Waals surface area contributed by atoms with Crippen LogP contribution in [-0.2, 0) is 18.3 Å². The number of aryl methyl sites for hydroxylation is 1. The monoisotopic (exact) mass is 240 g/mol. The third-order valence-electron chi connectivity index (χ3n) is 2.63. The Morgan fingerprint density at radius 1 is 1.76 bits per heavy atom. The molecule has 94 valence electrons. The topological polar surface area (TPSA) is 102 Å². The number of amidine groups is 1. The van der Waals surface area contributed by atoms with Gasteiger partial charge in [0.05, 0.1) is 12.3 Å². The average Bonchev–Trinajstić information content (AvgIpc) is 2.74. The summed E-state index contributed by atoms with van der Waals surface area (Å²) in [5.74, 6) is 0.105. The average molecular weight is 240 g/mol. The quantitative estimate of drug-likeness (QED) is 0.296. The summed E-state index contributed by atoms with van der Waals surface area (Å²) in [4.78, 5) is 2.14. The highest BCUT2D eigenvalue weighted by atomic mass is 16.5. The van der Waals surface area contributed by atoms with Crippen molar-refractivity contribution in [3.63, 3.8) is 0 Å². The van der Waals surface area contributed by atoms with Gasteiger partial charge in [0.2, 0.25) is 0 Å². The molecule has 1 atom stereocenters. The van der Waals surface area contributed by atoms with Gasteiger partial charge in [-0.15, -0.1) is 5.10 Å². The second-order valence-corrected chi connectivity index (χ2v) is 4.00. The fourth-order valence-corrected chi connectivity index (χ4v) is 1.79. The van der Waals surface area contributed by atoms with Gasteiger partial charge in [0.15, 0.2) is 5.84 Å². The Morgan fingerprint density at radius 2 is 2.59 bits per heavy atom. The zero-order chi connectivity index (χ0) is 12.3. The molecule has 1 aromatic heterocycles. The van der Waals surface area contributed by atoms with Crippen LogP contribution in [0.4, 0.5) is 0 Å². The summed E-state index contributed by atoms with van der Waals surface area (Å²) >= 11 is 0. The summed E-state index contributed by atoms with van der Waals surface area (Å²) in [6.45, 7) is 2.63. The number of hydrogen-bond acceptors (Lipinski definition) is 6. The highest BCUT2D eigenvalue weighted by molar-refractivity contribution is 5.84. The summed E-state index contributed by atoms with van der Waals surface area (Å²) in [6, 6.07) is 0. The van der Waals surface area contributed by atoms with Gasteiger partial charge in [0.1, 0.15) is 6.10 Å². The molecule has 1 saturated heterocycles. The van der Waals surface area contributed by atoms with Gasteiger partial charge < -0.3 is 15.7 Å². The molecular weight excluding hydrogens is 224 g/mol. The van der Waals surface area contributed by atoms with Gasteiger partial charge in [0.25, 0.3) is 0 Å². The Bertz CT molecular complexity index is 404. The minimum Gasteiger partial charge on any atom is -0.409 e. The first kappa shape index (κ1) is 11.8. The molecule has 1 fully saturated rings. The van der Waals surface area contributed by atoms with Crippen molar-refractivity contribution >= 4 is 5.84 Å². The zero-order valence-corrected chi connectivity index (χ0v) is 9.65. The summed E-state index contributed by atoms with van der Waals surface area (Å²) in [6.07, 6.45) is 1.51. The maximum atomic E-state index is 8.61. The number of aromatic nitrogens is 3. The number of morpholine rings is 1. The smallest absolute Gasteiger partial charge is 0.169 e.